The molecule has 0 aliphatic carbocycles. The fraction of sp³-hybridized carbons (Fsp3) is 0.636. The third-order valence-corrected chi connectivity index (χ3v) is 2.64. The van der Waals surface area contributed by atoms with Gasteiger partial charge in [0.2, 0.25) is 6.23 Å². The minimum absolute atomic E-state index is 0.401. The van der Waals surface area contributed by atoms with Crippen LogP contribution in [0.15, 0.2) is 17.3 Å². The van der Waals surface area contributed by atoms with Gasteiger partial charge in [0, 0.05) is 33.4 Å². The molecule has 2 rings (SSSR count). The Kier molecular flexibility index (Phi) is 4.16. The van der Waals surface area contributed by atoms with E-state index in [2.05, 4.69) is 10.0 Å². The lowest BCUT2D eigenvalue weighted by atomic mass is 10.4. The van der Waals surface area contributed by atoms with E-state index in [1.165, 1.54) is 4.90 Å². The van der Waals surface area contributed by atoms with Crippen LogP contribution in [0.5, 0.6) is 0 Å². The number of hydrogen-bond donors (Lipinski definition) is 0. The fourth-order valence-electron chi connectivity index (χ4n) is 1.61. The van der Waals surface area contributed by atoms with E-state index in [1.54, 1.807) is 26.5 Å². The molecule has 1 fully saturated rings. The van der Waals surface area contributed by atoms with Gasteiger partial charge in [0.1, 0.15) is 6.34 Å². The maximum Gasteiger partial charge on any atom is 0.411 e. The molecule has 2 aliphatic rings. The Hall–Kier alpha value is -1.60. The molecule has 1 atom stereocenters. The van der Waals surface area contributed by atoms with Gasteiger partial charge in [0.25, 0.3) is 0 Å². The second-order valence-corrected chi connectivity index (χ2v) is 4.22. The number of aliphatic imine (C=N–C) groups is 1. The average molecular weight is 254 g/mol. The van der Waals surface area contributed by atoms with Crippen LogP contribution in [-0.2, 0) is 9.47 Å². The molecule has 100 valence electrons. The van der Waals surface area contributed by atoms with E-state index in [0.717, 1.165) is 26.3 Å². The normalized spacial score (nSPS) is 24.1. The topological polar surface area (TPSA) is 57.6 Å². The number of amides is 1. The predicted molar refractivity (Wildman–Crippen MR) is 65.8 cm³/mol. The number of morpholine rings is 1. The minimum atomic E-state index is -0.544. The molecular weight excluding hydrogens is 236 g/mol. The smallest absolute Gasteiger partial charge is 0.411 e. The fourth-order valence-corrected chi connectivity index (χ4v) is 1.61. The predicted octanol–water partition coefficient (Wildman–Crippen LogP) is 0.116. The van der Waals surface area contributed by atoms with Gasteiger partial charge in [0.05, 0.1) is 13.2 Å². The van der Waals surface area contributed by atoms with Gasteiger partial charge in [-0.3, -0.25) is 5.01 Å². The summed E-state index contributed by atoms with van der Waals surface area (Å²) in [4.78, 5) is 16.9. The zero-order chi connectivity index (χ0) is 13.0. The first-order valence-electron chi connectivity index (χ1n) is 5.87. The second-order valence-electron chi connectivity index (χ2n) is 4.22. The molecule has 2 heterocycles. The van der Waals surface area contributed by atoms with Crippen molar-refractivity contribution in [2.24, 2.45) is 4.99 Å². The average Bonchev–Trinajstić information content (AvgIpc) is 2.40. The van der Waals surface area contributed by atoms with Gasteiger partial charge < -0.3 is 14.4 Å². The number of nitrogens with zero attached hydrogens (tertiary/aromatic N) is 4. The van der Waals surface area contributed by atoms with Crippen molar-refractivity contribution in [3.63, 3.8) is 0 Å². The van der Waals surface area contributed by atoms with E-state index in [9.17, 15) is 4.79 Å². The molecule has 1 saturated heterocycles. The van der Waals surface area contributed by atoms with Crippen molar-refractivity contribution in [2.75, 3.05) is 40.4 Å². The van der Waals surface area contributed by atoms with Crippen LogP contribution in [0.2, 0.25) is 0 Å². The van der Waals surface area contributed by atoms with Crippen molar-refractivity contribution in [2.45, 2.75) is 6.23 Å². The Bertz CT molecular complexity index is 336. The van der Waals surface area contributed by atoms with Gasteiger partial charge in [0.15, 0.2) is 0 Å². The molecule has 0 aromatic heterocycles. The van der Waals surface area contributed by atoms with Gasteiger partial charge in [-0.25, -0.2) is 14.8 Å². The molecule has 7 heteroatoms. The number of hydrazine groups is 1. The van der Waals surface area contributed by atoms with E-state index >= 15 is 0 Å². The third kappa shape index (κ3) is 3.21. The summed E-state index contributed by atoms with van der Waals surface area (Å²) in [7, 11) is 3.28. The van der Waals surface area contributed by atoms with Crippen molar-refractivity contribution < 1.29 is 14.3 Å². The van der Waals surface area contributed by atoms with Crippen LogP contribution < -0.4 is 0 Å². The van der Waals surface area contributed by atoms with Gasteiger partial charge in [-0.05, 0) is 6.08 Å². The van der Waals surface area contributed by atoms with Crippen LogP contribution in [0.4, 0.5) is 4.79 Å². The van der Waals surface area contributed by atoms with Crippen LogP contribution in [0.1, 0.15) is 0 Å². The number of carbonyl (C=O) groups excluding carboxylic acids is 1. The van der Waals surface area contributed by atoms with E-state index in [-0.39, 0.29) is 0 Å². The lowest BCUT2D eigenvalue weighted by Crippen LogP contribution is -2.46. The molecule has 1 amide bonds. The first kappa shape index (κ1) is 12.8. The van der Waals surface area contributed by atoms with Crippen LogP contribution >= 0.6 is 0 Å². The molecular formula is C11H18N4O3. The summed E-state index contributed by atoms with van der Waals surface area (Å²) in [6, 6.07) is 0. The van der Waals surface area contributed by atoms with Crippen LogP contribution in [0.3, 0.4) is 0 Å². The monoisotopic (exact) mass is 254 g/mol. The van der Waals surface area contributed by atoms with Crippen LogP contribution in [-0.4, -0.2) is 74.0 Å². The van der Waals surface area contributed by atoms with E-state index < -0.39 is 12.3 Å². The van der Waals surface area contributed by atoms with Crippen molar-refractivity contribution >= 4 is 12.4 Å². The second kappa shape index (κ2) is 5.83. The molecule has 0 spiro atoms. The standard InChI is InChI=1S/C11H18N4O3/c1-13(2)11(16)18-10-3-4-15(9-12-10)14-5-7-17-8-6-14/h3-4,9-10H,5-8H2,1-2H3. The molecule has 1 unspecified atom stereocenters. The summed E-state index contributed by atoms with van der Waals surface area (Å²) in [5.41, 5.74) is 0. The van der Waals surface area contributed by atoms with Crippen LogP contribution in [0.25, 0.3) is 0 Å². The molecule has 0 radical (unpaired) electrons. The zero-order valence-electron chi connectivity index (χ0n) is 10.7. The van der Waals surface area contributed by atoms with Crippen molar-refractivity contribution in [1.82, 2.24) is 14.9 Å². The molecule has 0 saturated carbocycles. The maximum absolute atomic E-state index is 11.3. The highest BCUT2D eigenvalue weighted by molar-refractivity contribution is 5.67. The summed E-state index contributed by atoms with van der Waals surface area (Å²) < 4.78 is 10.4. The molecule has 0 aromatic carbocycles. The summed E-state index contributed by atoms with van der Waals surface area (Å²) in [5.74, 6) is 0. The highest BCUT2D eigenvalue weighted by Gasteiger charge is 2.19. The van der Waals surface area contributed by atoms with E-state index in [0.29, 0.717) is 0 Å². The first-order valence-corrected chi connectivity index (χ1v) is 5.87. The van der Waals surface area contributed by atoms with Crippen molar-refractivity contribution in [1.29, 1.82) is 0 Å². The Morgan fingerprint density at radius 2 is 2.17 bits per heavy atom. The first-order chi connectivity index (χ1) is 8.66. The largest absolute Gasteiger partial charge is 0.420 e. The third-order valence-electron chi connectivity index (χ3n) is 2.64. The van der Waals surface area contributed by atoms with Gasteiger partial charge >= 0.3 is 6.09 Å². The summed E-state index contributed by atoms with van der Waals surface area (Å²) in [6.45, 7) is 3.10. The number of rotatable bonds is 2. The van der Waals surface area contributed by atoms with Gasteiger partial charge in [-0.1, -0.05) is 0 Å². The molecule has 0 bridgehead atoms. The lowest BCUT2D eigenvalue weighted by Gasteiger charge is -2.35. The number of hydrogen-bond acceptors (Lipinski definition) is 6. The quantitative estimate of drug-likeness (QED) is 0.700. The Labute approximate surface area is 106 Å². The lowest BCUT2D eigenvalue weighted by molar-refractivity contribution is -0.0290. The molecule has 2 aliphatic heterocycles. The Balaban J connectivity index is 1.84. The van der Waals surface area contributed by atoms with Gasteiger partial charge in [-0.2, -0.15) is 0 Å². The number of ether oxygens (including phenoxy) is 2. The molecule has 18 heavy (non-hydrogen) atoms. The van der Waals surface area contributed by atoms with Crippen molar-refractivity contribution in [3.05, 3.63) is 12.3 Å². The summed E-state index contributed by atoms with van der Waals surface area (Å²) >= 11 is 0. The van der Waals surface area contributed by atoms with Crippen LogP contribution in [0, 0.1) is 0 Å². The molecule has 0 aromatic rings. The highest BCUT2D eigenvalue weighted by Crippen LogP contribution is 2.09. The summed E-state index contributed by atoms with van der Waals surface area (Å²) in [5, 5.41) is 4.01. The van der Waals surface area contributed by atoms with Gasteiger partial charge in [-0.15, -0.1) is 0 Å². The molecule has 7 nitrogen and oxygen atoms in total. The maximum atomic E-state index is 11.3. The SMILES string of the molecule is CN(C)C(=O)OC1C=CN(N2CCOCC2)C=N1. The Morgan fingerprint density at radius 3 is 2.72 bits per heavy atom. The zero-order valence-corrected chi connectivity index (χ0v) is 10.7. The number of carbonyl (C=O) groups is 1. The highest BCUT2D eigenvalue weighted by atomic mass is 16.6. The Morgan fingerprint density at radius 1 is 1.44 bits per heavy atom. The summed E-state index contributed by atoms with van der Waals surface area (Å²) in [6.07, 6.45) is 4.32. The molecule has 0 N–H and O–H groups in total. The van der Waals surface area contributed by atoms with E-state index in [4.69, 9.17) is 9.47 Å². The van der Waals surface area contributed by atoms with Crippen molar-refractivity contribution in [3.8, 4) is 0 Å². The minimum Gasteiger partial charge on any atom is -0.420 e. The van der Waals surface area contributed by atoms with E-state index in [1.807, 2.05) is 11.2 Å².